The molecule has 3 heterocycles. The van der Waals surface area contributed by atoms with Crippen LogP contribution in [0.5, 0.6) is 11.5 Å². The highest BCUT2D eigenvalue weighted by Crippen LogP contribution is 2.64. The molecule has 370 valence electrons. The first-order valence-corrected chi connectivity index (χ1v) is 28.4. The molecule has 1 amide bonds. The van der Waals surface area contributed by atoms with E-state index in [1.54, 1.807) is 49.4 Å². The predicted octanol–water partition coefficient (Wildman–Crippen LogP) is 10.6. The number of nitrogens with zero attached hydrogens (tertiary/aromatic N) is 6. The van der Waals surface area contributed by atoms with Crippen LogP contribution in [0.1, 0.15) is 88.2 Å². The zero-order valence-corrected chi connectivity index (χ0v) is 44.0. The lowest BCUT2D eigenvalue weighted by atomic mass is 9.80. The Balaban J connectivity index is 1.42. The van der Waals surface area contributed by atoms with Gasteiger partial charge in [-0.3, -0.25) is 9.36 Å². The number of carbonyl (C=O) groups is 1. The monoisotopic (exact) mass is 988 g/mol. The second-order valence-corrected chi connectivity index (χ2v) is 26.7. The van der Waals surface area contributed by atoms with Crippen LogP contribution in [0.15, 0.2) is 122 Å². The summed E-state index contributed by atoms with van der Waals surface area (Å²) in [5, 5.41) is 12.7. The Morgan fingerprint density at radius 2 is 1.40 bits per heavy atom. The highest BCUT2D eigenvalue weighted by atomic mass is 31.2. The molecule has 1 saturated heterocycles. The molecule has 0 aliphatic carbocycles. The number of nitriles is 1. The van der Waals surface area contributed by atoms with Crippen molar-refractivity contribution in [3.8, 4) is 17.6 Å². The Labute approximate surface area is 413 Å². The third-order valence-electron chi connectivity index (χ3n) is 13.3. The standard InChI is InChI=1S/C53H66N7O8PSi/c1-36(2)60(37(3)4)69(62,32-18-31-54)67-47-46(68-70(10,11)52(5,6)7)44(66-51(47)59-35-57-45-48(55-34-56-49(45)59)58-50(61)38-19-14-12-15-20-38)33-65-53(39-21-16-13-17-22-39,40-23-27-42(63-8)28-24-40)41-25-29-43(64-9)30-26-41/h12-17,19-30,34-37,44,46-47,51,62H,18,32-33H2,1-11H3/p+1. The number of hydrogen-bond donors (Lipinski definition) is 2. The minimum Gasteiger partial charge on any atom is -0.497 e. The Morgan fingerprint density at radius 3 is 1.93 bits per heavy atom. The van der Waals surface area contributed by atoms with Crippen LogP contribution in [-0.2, 0) is 24.0 Å². The van der Waals surface area contributed by atoms with Gasteiger partial charge in [-0.05, 0) is 98.9 Å². The van der Waals surface area contributed by atoms with Crippen LogP contribution >= 0.6 is 7.87 Å². The quantitative estimate of drug-likeness (QED) is 0.0420. The van der Waals surface area contributed by atoms with Gasteiger partial charge in [0, 0.05) is 17.6 Å². The molecule has 0 bridgehead atoms. The van der Waals surface area contributed by atoms with E-state index in [1.165, 1.54) is 6.33 Å². The average Bonchev–Trinajstić information content (AvgIpc) is 3.92. The summed E-state index contributed by atoms with van der Waals surface area (Å²) in [5.41, 5.74) is 2.42. The van der Waals surface area contributed by atoms with Crippen LogP contribution in [0, 0.1) is 11.3 Å². The van der Waals surface area contributed by atoms with Gasteiger partial charge in [0.1, 0.15) is 41.8 Å². The summed E-state index contributed by atoms with van der Waals surface area (Å²) < 4.78 is 44.7. The van der Waals surface area contributed by atoms with Crippen molar-refractivity contribution in [1.29, 1.82) is 5.26 Å². The SMILES string of the molecule is COc1ccc(C(OCC2OC(n3cnc4c(NC(=O)c5ccccc5)ncnc43)C(O[P+](O)(CCC#N)N(C(C)C)C(C)C)C2O[Si](C)(C)C(C)(C)C)(c2ccccc2)c2ccc(OC)cc2)cc1. The zero-order valence-electron chi connectivity index (χ0n) is 42.1. The minimum absolute atomic E-state index is 0.0320. The third-order valence-corrected chi connectivity index (χ3v) is 20.8. The summed E-state index contributed by atoms with van der Waals surface area (Å²) in [5.74, 6) is 1.22. The number of imidazole rings is 1. The number of benzene rings is 4. The van der Waals surface area contributed by atoms with Crippen molar-refractivity contribution in [1.82, 2.24) is 24.2 Å². The van der Waals surface area contributed by atoms with Crippen LogP contribution < -0.4 is 14.8 Å². The molecule has 0 radical (unpaired) electrons. The van der Waals surface area contributed by atoms with Crippen molar-refractivity contribution in [2.45, 2.75) is 115 Å². The van der Waals surface area contributed by atoms with Crippen molar-refractivity contribution >= 4 is 39.1 Å². The lowest BCUT2D eigenvalue weighted by Crippen LogP contribution is -2.51. The first kappa shape index (κ1) is 52.2. The van der Waals surface area contributed by atoms with Gasteiger partial charge < -0.3 is 28.7 Å². The lowest BCUT2D eigenvalue weighted by molar-refractivity contribution is -0.0928. The third kappa shape index (κ3) is 10.8. The van der Waals surface area contributed by atoms with Crippen molar-refractivity contribution in [3.05, 3.63) is 144 Å². The van der Waals surface area contributed by atoms with E-state index in [1.807, 2.05) is 117 Å². The number of nitrogens with one attached hydrogen (secondary N) is 1. The number of amides is 1. The average molecular weight is 989 g/mol. The van der Waals surface area contributed by atoms with Crippen molar-refractivity contribution in [3.63, 3.8) is 0 Å². The molecule has 1 aliphatic rings. The summed E-state index contributed by atoms with van der Waals surface area (Å²) >= 11 is 0. The normalized spacial score (nSPS) is 18.5. The number of fused-ring (bicyclic) bond motifs is 1. The molecule has 1 fully saturated rings. The van der Waals surface area contributed by atoms with Crippen molar-refractivity contribution in [2.24, 2.45) is 0 Å². The van der Waals surface area contributed by atoms with E-state index in [-0.39, 0.29) is 48.0 Å². The molecule has 70 heavy (non-hydrogen) atoms. The summed E-state index contributed by atoms with van der Waals surface area (Å²) in [6.07, 6.45) is -0.646. The first-order chi connectivity index (χ1) is 33.4. The summed E-state index contributed by atoms with van der Waals surface area (Å²) in [6.45, 7) is 18.9. The van der Waals surface area contributed by atoms with Crippen LogP contribution in [0.2, 0.25) is 18.1 Å². The number of methoxy groups -OCH3 is 2. The van der Waals surface area contributed by atoms with E-state index in [9.17, 15) is 14.9 Å². The maximum Gasteiger partial charge on any atom is 0.347 e. The topological polar surface area (TPSA) is 175 Å². The van der Waals surface area contributed by atoms with E-state index in [4.69, 9.17) is 37.9 Å². The van der Waals surface area contributed by atoms with Gasteiger partial charge >= 0.3 is 7.87 Å². The van der Waals surface area contributed by atoms with Crippen molar-refractivity contribution < 1.29 is 37.6 Å². The van der Waals surface area contributed by atoms with Gasteiger partial charge in [-0.1, -0.05) is 93.6 Å². The molecule has 7 rings (SSSR count). The maximum atomic E-state index is 13.5. The van der Waals surface area contributed by atoms with Gasteiger partial charge in [-0.15, -0.1) is 4.67 Å². The van der Waals surface area contributed by atoms with Crippen molar-refractivity contribution in [2.75, 3.05) is 32.3 Å². The number of carbonyl (C=O) groups excluding carboxylic acids is 1. The zero-order chi connectivity index (χ0) is 50.4. The Kier molecular flexibility index (Phi) is 16.3. The molecule has 4 aromatic carbocycles. The summed E-state index contributed by atoms with van der Waals surface area (Å²) in [6, 6.07) is 36.5. The van der Waals surface area contributed by atoms with E-state index in [0.29, 0.717) is 28.2 Å². The van der Waals surface area contributed by atoms with Gasteiger partial charge in [0.25, 0.3) is 5.91 Å². The second kappa shape index (κ2) is 21.8. The second-order valence-electron chi connectivity index (χ2n) is 19.5. The molecular weight excluding hydrogens is 922 g/mol. The van der Waals surface area contributed by atoms with Crippen LogP contribution in [-0.4, -0.2) is 101 Å². The molecule has 0 spiro atoms. The summed E-state index contributed by atoms with van der Waals surface area (Å²) in [4.78, 5) is 40.5. The molecule has 5 unspecified atom stereocenters. The van der Waals surface area contributed by atoms with Gasteiger partial charge in [-0.25, -0.2) is 19.8 Å². The molecule has 2 aromatic heterocycles. The molecule has 0 saturated carbocycles. The van der Waals surface area contributed by atoms with Crippen LogP contribution in [0.25, 0.3) is 11.2 Å². The number of anilines is 1. The highest BCUT2D eigenvalue weighted by molar-refractivity contribution is 7.63. The first-order valence-electron chi connectivity index (χ1n) is 23.7. The lowest BCUT2D eigenvalue weighted by Gasteiger charge is -2.42. The number of rotatable bonds is 20. The van der Waals surface area contributed by atoms with Gasteiger partial charge in [-0.2, -0.15) is 9.79 Å². The fourth-order valence-corrected chi connectivity index (χ4v) is 13.2. The Morgan fingerprint density at radius 1 is 0.843 bits per heavy atom. The Hall–Kier alpha value is -5.60. The molecule has 6 aromatic rings. The van der Waals surface area contributed by atoms with E-state index in [2.05, 4.69) is 50.2 Å². The summed E-state index contributed by atoms with van der Waals surface area (Å²) in [7, 11) is -3.07. The predicted molar refractivity (Wildman–Crippen MR) is 275 cm³/mol. The minimum atomic E-state index is -3.62. The van der Waals surface area contributed by atoms with E-state index in [0.717, 1.165) is 16.7 Å². The molecular formula is C53H67N7O8PSi+. The largest absolute Gasteiger partial charge is 0.497 e. The number of hydrogen-bond acceptors (Lipinski definition) is 13. The fraction of sp³-hybridized carbons (Fsp3) is 0.415. The van der Waals surface area contributed by atoms with Crippen LogP contribution in [0.4, 0.5) is 5.82 Å². The van der Waals surface area contributed by atoms with Gasteiger partial charge in [0.2, 0.25) is 0 Å². The van der Waals surface area contributed by atoms with E-state index >= 15 is 0 Å². The molecule has 2 N–H and O–H groups in total. The smallest absolute Gasteiger partial charge is 0.347 e. The molecule has 1 aliphatic heterocycles. The Bertz CT molecular complexity index is 2660. The highest BCUT2D eigenvalue weighted by Gasteiger charge is 2.60. The van der Waals surface area contributed by atoms with Gasteiger partial charge in [0.05, 0.1) is 39.6 Å². The number of ether oxygens (including phenoxy) is 4. The van der Waals surface area contributed by atoms with Crippen LogP contribution in [0.3, 0.4) is 0 Å². The molecule has 15 nitrogen and oxygen atoms in total. The van der Waals surface area contributed by atoms with Gasteiger partial charge in [0.15, 0.2) is 37.6 Å². The molecule has 5 atom stereocenters. The fourth-order valence-electron chi connectivity index (χ4n) is 8.95. The molecule has 17 heteroatoms. The number of aromatic nitrogens is 4. The van der Waals surface area contributed by atoms with E-state index < -0.39 is 46.3 Å². The maximum absolute atomic E-state index is 13.5.